The van der Waals surface area contributed by atoms with Crippen molar-refractivity contribution in [2.75, 3.05) is 0 Å². The molecule has 2 nitrogen and oxygen atoms in total. The molecular formula is C24H20F3NO. The Morgan fingerprint density at radius 3 is 2.03 bits per heavy atom. The van der Waals surface area contributed by atoms with Crippen LogP contribution >= 0.6 is 0 Å². The van der Waals surface area contributed by atoms with Gasteiger partial charge in [0.1, 0.15) is 17.6 Å². The van der Waals surface area contributed by atoms with E-state index in [1.807, 2.05) is 6.92 Å². The van der Waals surface area contributed by atoms with Crippen LogP contribution in [-0.2, 0) is 25.4 Å². The predicted octanol–water partition coefficient (Wildman–Crippen LogP) is 6.17. The molecule has 0 N–H and O–H groups in total. The first-order valence-corrected chi connectivity index (χ1v) is 9.35. The zero-order valence-corrected chi connectivity index (χ0v) is 16.0. The minimum atomic E-state index is -3.42. The van der Waals surface area contributed by atoms with E-state index in [-0.39, 0.29) is 16.9 Å². The fourth-order valence-electron chi connectivity index (χ4n) is 2.96. The summed E-state index contributed by atoms with van der Waals surface area (Å²) >= 11 is 0. The zero-order chi connectivity index (χ0) is 20.9. The Hall–Kier alpha value is -3.26. The zero-order valence-electron chi connectivity index (χ0n) is 16.0. The van der Waals surface area contributed by atoms with Crippen LogP contribution in [0.3, 0.4) is 0 Å². The van der Waals surface area contributed by atoms with Gasteiger partial charge < -0.3 is 4.74 Å². The second-order valence-electron chi connectivity index (χ2n) is 6.74. The quantitative estimate of drug-likeness (QED) is 0.479. The largest absolute Gasteiger partial charge is 0.429 e. The number of hydrogen-bond acceptors (Lipinski definition) is 2. The number of aryl methyl sites for hydroxylation is 3. The summed E-state index contributed by atoms with van der Waals surface area (Å²) < 4.78 is 47.3. The van der Waals surface area contributed by atoms with Gasteiger partial charge >= 0.3 is 6.11 Å². The SMILES string of the molecule is CCc1ccc(C(F)(F)Oc2ccc(CCc3ccc(C#N)c(F)c3)cc2)cc1. The first kappa shape index (κ1) is 20.5. The van der Waals surface area contributed by atoms with E-state index >= 15 is 0 Å². The molecule has 0 saturated heterocycles. The summed E-state index contributed by atoms with van der Waals surface area (Å²) in [5.74, 6) is -0.467. The van der Waals surface area contributed by atoms with Crippen molar-refractivity contribution in [3.8, 4) is 11.8 Å². The summed E-state index contributed by atoms with van der Waals surface area (Å²) in [6.45, 7) is 1.96. The van der Waals surface area contributed by atoms with Gasteiger partial charge in [0, 0.05) is 0 Å². The summed E-state index contributed by atoms with van der Waals surface area (Å²) in [5, 5.41) is 8.76. The third kappa shape index (κ3) is 5.17. The summed E-state index contributed by atoms with van der Waals surface area (Å²) in [4.78, 5) is 0. The number of halogens is 3. The van der Waals surface area contributed by atoms with E-state index in [4.69, 9.17) is 10.00 Å². The molecule has 0 amide bonds. The van der Waals surface area contributed by atoms with E-state index in [2.05, 4.69) is 0 Å². The molecule has 3 aromatic carbocycles. The molecule has 0 radical (unpaired) electrons. The van der Waals surface area contributed by atoms with Gasteiger partial charge in [-0.1, -0.05) is 37.3 Å². The molecule has 0 aliphatic heterocycles. The summed E-state index contributed by atoms with van der Waals surface area (Å²) in [7, 11) is 0. The molecule has 0 heterocycles. The topological polar surface area (TPSA) is 33.0 Å². The number of benzene rings is 3. The Morgan fingerprint density at radius 1 is 0.862 bits per heavy atom. The first-order chi connectivity index (χ1) is 13.9. The molecule has 0 unspecified atom stereocenters. The van der Waals surface area contributed by atoms with Crippen LogP contribution < -0.4 is 4.74 Å². The molecule has 0 aliphatic carbocycles. The number of ether oxygens (including phenoxy) is 1. The lowest BCUT2D eigenvalue weighted by atomic mass is 10.0. The molecule has 5 heteroatoms. The number of nitrogens with zero attached hydrogens (tertiary/aromatic N) is 1. The van der Waals surface area contributed by atoms with E-state index < -0.39 is 11.9 Å². The molecule has 0 bridgehead atoms. The van der Waals surface area contributed by atoms with Crippen molar-refractivity contribution >= 4 is 0 Å². The molecule has 0 aliphatic rings. The van der Waals surface area contributed by atoms with Crippen molar-refractivity contribution in [3.63, 3.8) is 0 Å². The normalized spacial score (nSPS) is 11.1. The standard InChI is InChI=1S/C24H20F3NO/c1-2-17-6-11-21(12-7-17)24(26,27)29-22-13-8-18(9-14-22)3-4-19-5-10-20(16-28)23(25)15-19/h5-15H,2-4H2,1H3. The van der Waals surface area contributed by atoms with Crippen LogP contribution in [0.2, 0.25) is 0 Å². The van der Waals surface area contributed by atoms with Gasteiger partial charge in [0.05, 0.1) is 11.1 Å². The Labute approximate surface area is 168 Å². The molecule has 0 spiro atoms. The number of nitriles is 1. The fourth-order valence-corrected chi connectivity index (χ4v) is 2.96. The highest BCUT2D eigenvalue weighted by atomic mass is 19.3. The Kier molecular flexibility index (Phi) is 6.23. The van der Waals surface area contributed by atoms with Gasteiger partial charge in [0.15, 0.2) is 0 Å². The van der Waals surface area contributed by atoms with Crippen molar-refractivity contribution in [1.82, 2.24) is 0 Å². The average Bonchev–Trinajstić information content (AvgIpc) is 2.73. The second kappa shape index (κ2) is 8.83. The molecule has 0 fully saturated rings. The molecule has 0 saturated carbocycles. The molecule has 0 atom stereocenters. The fraction of sp³-hybridized carbons (Fsp3) is 0.208. The monoisotopic (exact) mass is 395 g/mol. The Morgan fingerprint density at radius 2 is 1.45 bits per heavy atom. The van der Waals surface area contributed by atoms with Gasteiger partial charge in [-0.15, -0.1) is 0 Å². The summed E-state index contributed by atoms with van der Waals surface area (Å²) in [6, 6.07) is 18.8. The van der Waals surface area contributed by atoms with Crippen LogP contribution in [0, 0.1) is 17.1 Å². The lowest BCUT2D eigenvalue weighted by molar-refractivity contribution is -0.185. The van der Waals surface area contributed by atoms with Gasteiger partial charge in [-0.25, -0.2) is 4.39 Å². The van der Waals surface area contributed by atoms with Gasteiger partial charge in [-0.05, 0) is 72.4 Å². The summed E-state index contributed by atoms with van der Waals surface area (Å²) in [5.41, 5.74) is 2.49. The Bertz CT molecular complexity index is 1010. The van der Waals surface area contributed by atoms with Gasteiger partial charge in [0.2, 0.25) is 0 Å². The molecule has 3 aromatic rings. The van der Waals surface area contributed by atoms with Crippen molar-refractivity contribution in [1.29, 1.82) is 5.26 Å². The molecule has 148 valence electrons. The molecule has 29 heavy (non-hydrogen) atoms. The molecular weight excluding hydrogens is 375 g/mol. The minimum absolute atomic E-state index is 0.0144. The molecule has 0 aromatic heterocycles. The van der Waals surface area contributed by atoms with E-state index in [1.54, 1.807) is 36.4 Å². The van der Waals surface area contributed by atoms with Crippen LogP contribution in [0.4, 0.5) is 13.2 Å². The number of hydrogen-bond donors (Lipinski definition) is 0. The van der Waals surface area contributed by atoms with Crippen LogP contribution in [0.15, 0.2) is 66.7 Å². The van der Waals surface area contributed by atoms with Crippen molar-refractivity contribution in [3.05, 3.63) is 100 Å². The van der Waals surface area contributed by atoms with Crippen LogP contribution in [0.1, 0.15) is 34.7 Å². The highest BCUT2D eigenvalue weighted by Gasteiger charge is 2.34. The third-order valence-corrected chi connectivity index (χ3v) is 4.72. The maximum absolute atomic E-state index is 14.4. The number of alkyl halides is 2. The maximum Gasteiger partial charge on any atom is 0.426 e. The first-order valence-electron chi connectivity index (χ1n) is 9.35. The van der Waals surface area contributed by atoms with Gasteiger partial charge in [0.25, 0.3) is 0 Å². The van der Waals surface area contributed by atoms with Crippen LogP contribution in [-0.4, -0.2) is 0 Å². The maximum atomic E-state index is 14.4. The lowest BCUT2D eigenvalue weighted by Gasteiger charge is -2.18. The molecule has 3 rings (SSSR count). The smallest absolute Gasteiger partial charge is 0.426 e. The number of rotatable bonds is 7. The van der Waals surface area contributed by atoms with E-state index in [0.29, 0.717) is 12.8 Å². The van der Waals surface area contributed by atoms with Crippen molar-refractivity contribution in [2.24, 2.45) is 0 Å². The third-order valence-electron chi connectivity index (χ3n) is 4.72. The second-order valence-corrected chi connectivity index (χ2v) is 6.74. The van der Waals surface area contributed by atoms with Crippen molar-refractivity contribution in [2.45, 2.75) is 32.3 Å². The van der Waals surface area contributed by atoms with Crippen LogP contribution in [0.25, 0.3) is 0 Å². The van der Waals surface area contributed by atoms with Gasteiger partial charge in [-0.3, -0.25) is 0 Å². The Balaban J connectivity index is 1.62. The minimum Gasteiger partial charge on any atom is -0.429 e. The summed E-state index contributed by atoms with van der Waals surface area (Å²) in [6.07, 6.45) is -1.46. The lowest BCUT2D eigenvalue weighted by Crippen LogP contribution is -2.21. The predicted molar refractivity (Wildman–Crippen MR) is 105 cm³/mol. The van der Waals surface area contributed by atoms with Crippen LogP contribution in [0.5, 0.6) is 5.75 Å². The van der Waals surface area contributed by atoms with E-state index in [1.165, 1.54) is 36.4 Å². The van der Waals surface area contributed by atoms with Gasteiger partial charge in [-0.2, -0.15) is 14.0 Å². The highest BCUT2D eigenvalue weighted by molar-refractivity contribution is 5.34. The van der Waals surface area contributed by atoms with Crippen molar-refractivity contribution < 1.29 is 17.9 Å². The average molecular weight is 395 g/mol. The highest BCUT2D eigenvalue weighted by Crippen LogP contribution is 2.32. The van der Waals surface area contributed by atoms with E-state index in [9.17, 15) is 13.2 Å². The van der Waals surface area contributed by atoms with E-state index in [0.717, 1.165) is 23.1 Å².